The first-order valence-corrected chi connectivity index (χ1v) is 9.09. The summed E-state index contributed by atoms with van der Waals surface area (Å²) in [6.45, 7) is 6.03. The Morgan fingerprint density at radius 2 is 1.88 bits per heavy atom. The molecule has 0 bridgehead atoms. The zero-order chi connectivity index (χ0) is 18.4. The van der Waals surface area contributed by atoms with E-state index in [1.54, 1.807) is 19.4 Å². The minimum Gasteiger partial charge on any atom is -0.497 e. The van der Waals surface area contributed by atoms with Gasteiger partial charge in [-0.2, -0.15) is 0 Å². The maximum atomic E-state index is 12.8. The molecule has 0 saturated carbocycles. The van der Waals surface area contributed by atoms with Crippen molar-refractivity contribution in [3.63, 3.8) is 0 Å². The summed E-state index contributed by atoms with van der Waals surface area (Å²) in [6, 6.07) is 11.7. The number of anilines is 2. The largest absolute Gasteiger partial charge is 0.497 e. The van der Waals surface area contributed by atoms with Crippen molar-refractivity contribution in [3.8, 4) is 5.75 Å². The second kappa shape index (κ2) is 8.56. The molecule has 0 atom stereocenters. The summed E-state index contributed by atoms with van der Waals surface area (Å²) in [4.78, 5) is 21.3. The summed E-state index contributed by atoms with van der Waals surface area (Å²) in [5.41, 5.74) is 1.85. The molecule has 1 aromatic carbocycles. The van der Waals surface area contributed by atoms with Gasteiger partial charge in [0.05, 0.1) is 7.11 Å². The molecule has 1 N–H and O–H groups in total. The van der Waals surface area contributed by atoms with E-state index in [0.29, 0.717) is 18.7 Å². The lowest BCUT2D eigenvalue weighted by atomic mass is 10.2. The Bertz CT molecular complexity index is 725. The molecule has 26 heavy (non-hydrogen) atoms. The Kier molecular flexibility index (Phi) is 5.94. The number of ether oxygens (including phenoxy) is 1. The van der Waals surface area contributed by atoms with Crippen LogP contribution in [0, 0.1) is 0 Å². The highest BCUT2D eigenvalue weighted by Gasteiger charge is 2.22. The topological polar surface area (TPSA) is 57.7 Å². The first-order valence-electron chi connectivity index (χ1n) is 9.09. The fourth-order valence-electron chi connectivity index (χ4n) is 3.06. The van der Waals surface area contributed by atoms with Gasteiger partial charge >= 0.3 is 0 Å². The van der Waals surface area contributed by atoms with E-state index in [9.17, 15) is 4.79 Å². The van der Waals surface area contributed by atoms with Gasteiger partial charge in [-0.15, -0.1) is 0 Å². The number of carbonyl (C=O) groups excluding carboxylic acids is 1. The lowest BCUT2D eigenvalue weighted by Gasteiger charge is -2.36. The molecule has 2 aromatic rings. The number of piperazine rings is 1. The number of benzene rings is 1. The third kappa shape index (κ3) is 4.25. The van der Waals surface area contributed by atoms with Crippen LogP contribution in [0.15, 0.2) is 42.6 Å². The molecule has 0 aliphatic carbocycles. The van der Waals surface area contributed by atoms with Crippen molar-refractivity contribution in [2.24, 2.45) is 0 Å². The van der Waals surface area contributed by atoms with Gasteiger partial charge in [0.15, 0.2) is 0 Å². The lowest BCUT2D eigenvalue weighted by molar-refractivity contribution is 0.0746. The van der Waals surface area contributed by atoms with E-state index >= 15 is 0 Å². The van der Waals surface area contributed by atoms with Gasteiger partial charge in [-0.25, -0.2) is 4.98 Å². The molecule has 6 heteroatoms. The van der Waals surface area contributed by atoms with Gasteiger partial charge in [0.2, 0.25) is 0 Å². The summed E-state index contributed by atoms with van der Waals surface area (Å²) in [5.74, 6) is 1.68. The molecule has 1 saturated heterocycles. The highest BCUT2D eigenvalue weighted by Crippen LogP contribution is 2.21. The zero-order valence-electron chi connectivity index (χ0n) is 15.4. The number of aromatic nitrogens is 1. The predicted molar refractivity (Wildman–Crippen MR) is 104 cm³/mol. The van der Waals surface area contributed by atoms with Crippen LogP contribution in [0.25, 0.3) is 0 Å². The molecular formula is C20H26N4O2. The highest BCUT2D eigenvalue weighted by atomic mass is 16.5. The highest BCUT2D eigenvalue weighted by molar-refractivity contribution is 5.95. The third-order valence-electron chi connectivity index (χ3n) is 4.57. The van der Waals surface area contributed by atoms with E-state index in [4.69, 9.17) is 4.74 Å². The van der Waals surface area contributed by atoms with E-state index < -0.39 is 0 Å². The van der Waals surface area contributed by atoms with Crippen LogP contribution in [-0.2, 0) is 0 Å². The molecule has 1 aliphatic heterocycles. The van der Waals surface area contributed by atoms with Crippen LogP contribution in [0.1, 0.15) is 23.7 Å². The molecule has 138 valence electrons. The van der Waals surface area contributed by atoms with Gasteiger partial charge in [0, 0.05) is 50.2 Å². The quantitative estimate of drug-likeness (QED) is 0.864. The van der Waals surface area contributed by atoms with Crippen molar-refractivity contribution in [2.75, 3.05) is 50.1 Å². The van der Waals surface area contributed by atoms with Gasteiger partial charge in [-0.1, -0.05) is 6.92 Å². The SMILES string of the molecule is CCCNc1cc(C(=O)N2CCN(c3ccc(OC)cc3)CC2)ccn1. The molecular weight excluding hydrogens is 328 g/mol. The summed E-state index contributed by atoms with van der Waals surface area (Å²) >= 11 is 0. The Morgan fingerprint density at radius 3 is 2.54 bits per heavy atom. The summed E-state index contributed by atoms with van der Waals surface area (Å²) in [6.07, 6.45) is 2.71. The van der Waals surface area contributed by atoms with Gasteiger partial charge in [-0.05, 0) is 42.8 Å². The van der Waals surface area contributed by atoms with Crippen LogP contribution < -0.4 is 15.0 Å². The maximum Gasteiger partial charge on any atom is 0.254 e. The number of nitrogens with one attached hydrogen (secondary N) is 1. The molecule has 0 unspecified atom stereocenters. The van der Waals surface area contributed by atoms with Crippen molar-refractivity contribution in [3.05, 3.63) is 48.2 Å². The number of rotatable bonds is 6. The Labute approximate surface area is 154 Å². The molecule has 1 aliphatic rings. The van der Waals surface area contributed by atoms with Crippen molar-refractivity contribution >= 4 is 17.4 Å². The molecule has 3 rings (SSSR count). The van der Waals surface area contributed by atoms with E-state index in [1.807, 2.05) is 23.1 Å². The van der Waals surface area contributed by atoms with E-state index in [2.05, 4.69) is 34.3 Å². The van der Waals surface area contributed by atoms with Gasteiger partial charge in [-0.3, -0.25) is 4.79 Å². The van der Waals surface area contributed by atoms with Crippen molar-refractivity contribution in [2.45, 2.75) is 13.3 Å². The summed E-state index contributed by atoms with van der Waals surface area (Å²) < 4.78 is 5.21. The molecule has 1 aromatic heterocycles. The molecule has 6 nitrogen and oxygen atoms in total. The maximum absolute atomic E-state index is 12.8. The number of hydrogen-bond donors (Lipinski definition) is 1. The number of pyridine rings is 1. The van der Waals surface area contributed by atoms with Crippen molar-refractivity contribution < 1.29 is 9.53 Å². The normalized spacial score (nSPS) is 14.2. The molecule has 1 fully saturated rings. The summed E-state index contributed by atoms with van der Waals surface area (Å²) in [5, 5.41) is 3.23. The predicted octanol–water partition coefficient (Wildman–Crippen LogP) is 2.87. The number of amides is 1. The minimum absolute atomic E-state index is 0.0707. The molecule has 0 radical (unpaired) electrons. The molecule has 1 amide bonds. The third-order valence-corrected chi connectivity index (χ3v) is 4.57. The van der Waals surface area contributed by atoms with E-state index in [1.165, 1.54) is 0 Å². The van der Waals surface area contributed by atoms with Crippen LogP contribution in [0.5, 0.6) is 5.75 Å². The Balaban J connectivity index is 1.59. The second-order valence-electron chi connectivity index (χ2n) is 6.33. The Hall–Kier alpha value is -2.76. The van der Waals surface area contributed by atoms with E-state index in [-0.39, 0.29) is 5.91 Å². The number of nitrogens with zero attached hydrogens (tertiary/aromatic N) is 3. The standard InChI is InChI=1S/C20H26N4O2/c1-3-9-21-19-15-16(8-10-22-19)20(25)24-13-11-23(12-14-24)17-4-6-18(26-2)7-5-17/h4-8,10,15H,3,9,11-14H2,1-2H3,(H,21,22). The fourth-order valence-corrected chi connectivity index (χ4v) is 3.06. The smallest absolute Gasteiger partial charge is 0.254 e. The first-order chi connectivity index (χ1) is 12.7. The fraction of sp³-hybridized carbons (Fsp3) is 0.400. The average Bonchev–Trinajstić information content (AvgIpc) is 2.72. The van der Waals surface area contributed by atoms with Crippen LogP contribution in [0.3, 0.4) is 0 Å². The number of methoxy groups -OCH3 is 1. The number of carbonyl (C=O) groups is 1. The van der Waals surface area contributed by atoms with Gasteiger partial charge in [0.1, 0.15) is 11.6 Å². The zero-order valence-corrected chi connectivity index (χ0v) is 15.4. The first kappa shape index (κ1) is 18.0. The monoisotopic (exact) mass is 354 g/mol. The van der Waals surface area contributed by atoms with Crippen molar-refractivity contribution in [1.29, 1.82) is 0 Å². The average molecular weight is 354 g/mol. The van der Waals surface area contributed by atoms with Crippen LogP contribution in [0.2, 0.25) is 0 Å². The molecule has 0 spiro atoms. The van der Waals surface area contributed by atoms with Crippen LogP contribution in [-0.4, -0.2) is 55.6 Å². The Morgan fingerprint density at radius 1 is 1.15 bits per heavy atom. The van der Waals surface area contributed by atoms with Crippen LogP contribution in [0.4, 0.5) is 11.5 Å². The van der Waals surface area contributed by atoms with Gasteiger partial charge in [0.25, 0.3) is 5.91 Å². The van der Waals surface area contributed by atoms with Gasteiger partial charge < -0.3 is 19.9 Å². The second-order valence-corrected chi connectivity index (χ2v) is 6.33. The lowest BCUT2D eigenvalue weighted by Crippen LogP contribution is -2.48. The van der Waals surface area contributed by atoms with E-state index in [0.717, 1.165) is 43.3 Å². The number of hydrogen-bond acceptors (Lipinski definition) is 5. The molecule has 2 heterocycles. The van der Waals surface area contributed by atoms with Crippen LogP contribution >= 0.6 is 0 Å². The van der Waals surface area contributed by atoms with Crippen molar-refractivity contribution in [1.82, 2.24) is 9.88 Å². The minimum atomic E-state index is 0.0707. The summed E-state index contributed by atoms with van der Waals surface area (Å²) in [7, 11) is 1.67.